The van der Waals surface area contributed by atoms with Crippen LogP contribution < -0.4 is 10.4 Å². The average Bonchev–Trinajstić information content (AvgIpc) is 3.00. The fourth-order valence-electron chi connectivity index (χ4n) is 12.9. The van der Waals surface area contributed by atoms with Gasteiger partial charge in [-0.15, -0.1) is 0 Å². The Hall–Kier alpha value is -1.35. The van der Waals surface area contributed by atoms with E-state index in [9.17, 15) is 0 Å². The standard InChI is InChI=1S/C56H102NOSi7/c1-38-32-39(2)48(40(3)33-38)59(53(58-13)57-47-45(55(7,8)9)36-42(54(4,5)6)37-46(47)56(10,11)12)49-43(51(62(20,21)22)63(23,24)25)34-41(50(60(14,15)16)61(17,18)19)35-44(49)52(64(26,27)28)65(29,30)31/h32-37,50-52H,1-31H3. The molecule has 0 saturated carbocycles. The van der Waals surface area contributed by atoms with Crippen molar-refractivity contribution in [3.05, 3.63) is 86.5 Å². The van der Waals surface area contributed by atoms with E-state index in [1.807, 2.05) is 7.11 Å². The zero-order valence-corrected chi connectivity index (χ0v) is 55.6. The Bertz CT molecular complexity index is 2050. The topological polar surface area (TPSA) is 21.6 Å². The minimum atomic E-state index is -1.88. The summed E-state index contributed by atoms with van der Waals surface area (Å²) in [5.74, 6) is 0. The van der Waals surface area contributed by atoms with Gasteiger partial charge in [-0.3, -0.25) is 0 Å². The lowest BCUT2D eigenvalue weighted by atomic mass is 9.74. The first kappa shape index (κ1) is 58.0. The van der Waals surface area contributed by atoms with Gasteiger partial charge in [0.05, 0.1) is 12.8 Å². The van der Waals surface area contributed by atoms with Gasteiger partial charge in [-0.2, -0.15) is 0 Å². The zero-order valence-electron chi connectivity index (χ0n) is 48.6. The Labute approximate surface area is 412 Å². The number of hydrogen-bond donors (Lipinski definition) is 0. The zero-order chi connectivity index (χ0) is 51.0. The van der Waals surface area contributed by atoms with E-state index >= 15 is 0 Å². The molecule has 0 fully saturated rings. The van der Waals surface area contributed by atoms with Crippen LogP contribution in [0.2, 0.25) is 118 Å². The highest BCUT2D eigenvalue weighted by molar-refractivity contribution is 7.10. The molecule has 0 unspecified atom stereocenters. The Morgan fingerprint density at radius 1 is 0.462 bits per heavy atom. The van der Waals surface area contributed by atoms with Gasteiger partial charge in [-0.25, -0.2) is 4.99 Å². The Morgan fingerprint density at radius 2 is 0.785 bits per heavy atom. The van der Waals surface area contributed by atoms with Crippen LogP contribution in [-0.4, -0.2) is 69.9 Å². The van der Waals surface area contributed by atoms with E-state index in [2.05, 4.69) is 237 Å². The van der Waals surface area contributed by atoms with E-state index in [-0.39, 0.29) is 16.2 Å². The highest BCUT2D eigenvalue weighted by Gasteiger charge is 2.49. The molecule has 0 heterocycles. The van der Waals surface area contributed by atoms with Crippen LogP contribution in [-0.2, 0) is 21.0 Å². The van der Waals surface area contributed by atoms with Crippen LogP contribution in [0.15, 0.2) is 41.4 Å². The SMILES string of the molecule is COC(=Nc1c(C(C)(C)C)cc(C(C)(C)C)cc1C(C)(C)C)[Si](c1c(C)cc(C)cc1C)c1c(C([Si](C)(C)C)[Si](C)(C)C)cc(C([Si](C)(C)C)[Si](C)(C)C)cc1C([Si](C)(C)C)[Si](C)(C)C. The number of aryl methyl sites for hydroxylation is 3. The van der Waals surface area contributed by atoms with Crippen molar-refractivity contribution in [3.8, 4) is 0 Å². The van der Waals surface area contributed by atoms with Crippen LogP contribution in [0.5, 0.6) is 0 Å². The first-order valence-corrected chi connectivity index (χ1v) is 48.1. The third kappa shape index (κ3) is 13.5. The molecule has 0 aliphatic rings. The van der Waals surface area contributed by atoms with Gasteiger partial charge in [0, 0.05) is 48.4 Å². The van der Waals surface area contributed by atoms with E-state index in [0.717, 1.165) is 11.2 Å². The molecule has 0 saturated heterocycles. The average molecular weight is 1000 g/mol. The lowest BCUT2D eigenvalue weighted by Gasteiger charge is -2.46. The summed E-state index contributed by atoms with van der Waals surface area (Å²) in [7, 11) is -10.6. The molecule has 0 aliphatic carbocycles. The van der Waals surface area contributed by atoms with E-state index in [0.29, 0.717) is 15.5 Å². The third-order valence-corrected chi connectivity index (χ3v) is 44.8. The molecular formula is C56H102NOSi7. The van der Waals surface area contributed by atoms with Gasteiger partial charge in [0.1, 0.15) is 0 Å². The Morgan fingerprint density at radius 3 is 1.05 bits per heavy atom. The molecule has 9 heteroatoms. The molecule has 65 heavy (non-hydrogen) atoms. The van der Waals surface area contributed by atoms with Gasteiger partial charge in [0.25, 0.3) is 0 Å². The van der Waals surface area contributed by atoms with Crippen molar-refractivity contribution in [2.24, 2.45) is 4.99 Å². The molecule has 365 valence electrons. The van der Waals surface area contributed by atoms with Crippen LogP contribution >= 0.6 is 0 Å². The second-order valence-electron chi connectivity index (χ2n) is 30.0. The number of benzene rings is 3. The second-order valence-corrected chi connectivity index (χ2v) is 65.8. The fourth-order valence-corrected chi connectivity index (χ4v) is 54.7. The summed E-state index contributed by atoms with van der Waals surface area (Å²) in [4.78, 5) is 6.18. The molecule has 0 atom stereocenters. The lowest BCUT2D eigenvalue weighted by molar-refractivity contribution is 0.413. The number of methoxy groups -OCH3 is 1. The van der Waals surface area contributed by atoms with Crippen LogP contribution in [0.25, 0.3) is 0 Å². The Kier molecular flexibility index (Phi) is 17.0. The molecule has 0 bridgehead atoms. The molecule has 3 aromatic rings. The predicted molar refractivity (Wildman–Crippen MR) is 317 cm³/mol. The monoisotopic (exact) mass is 1000 g/mol. The largest absolute Gasteiger partial charge is 0.488 e. The molecule has 3 aromatic carbocycles. The number of nitrogens with zero attached hydrogens (tertiary/aromatic N) is 1. The first-order valence-electron chi connectivity index (χ1n) is 25.1. The summed E-state index contributed by atoms with van der Waals surface area (Å²) >= 11 is 0. The van der Waals surface area contributed by atoms with Crippen molar-refractivity contribution in [1.29, 1.82) is 0 Å². The summed E-state index contributed by atoms with van der Waals surface area (Å²) in [6.45, 7) is 76.8. The highest BCUT2D eigenvalue weighted by atomic mass is 28.4. The third-order valence-electron chi connectivity index (χ3n) is 13.8. The lowest BCUT2D eigenvalue weighted by Crippen LogP contribution is -2.60. The van der Waals surface area contributed by atoms with Crippen LogP contribution in [0.1, 0.15) is 128 Å². The summed E-state index contributed by atoms with van der Waals surface area (Å²) < 4.78 is 7.15. The normalized spacial score (nSPS) is 14.7. The minimum absolute atomic E-state index is 0.00194. The van der Waals surface area contributed by atoms with Crippen molar-refractivity contribution in [3.63, 3.8) is 0 Å². The van der Waals surface area contributed by atoms with Gasteiger partial charge >= 0.3 is 0 Å². The molecule has 0 spiro atoms. The number of ether oxygens (including phenoxy) is 1. The fraction of sp³-hybridized carbons (Fsp3) is 0.661. The van der Waals surface area contributed by atoms with Gasteiger partial charge in [0.15, 0.2) is 5.52 Å². The van der Waals surface area contributed by atoms with Crippen molar-refractivity contribution in [2.45, 2.75) is 233 Å². The second kappa shape index (κ2) is 19.1. The van der Waals surface area contributed by atoms with Gasteiger partial charge in [-0.1, -0.05) is 233 Å². The number of aliphatic imine (C=N–C) groups is 1. The Balaban J connectivity index is 3.11. The molecule has 2 nitrogen and oxygen atoms in total. The summed E-state index contributed by atoms with van der Waals surface area (Å²) in [6.07, 6.45) is 0. The first-order chi connectivity index (χ1) is 28.7. The molecule has 0 aliphatic heterocycles. The maximum Gasteiger partial charge on any atom is 0.229 e. The van der Waals surface area contributed by atoms with Crippen LogP contribution in [0.3, 0.4) is 0 Å². The number of rotatable bonds is 13. The van der Waals surface area contributed by atoms with Crippen LogP contribution in [0, 0.1) is 20.8 Å². The maximum atomic E-state index is 7.15. The van der Waals surface area contributed by atoms with Gasteiger partial charge in [-0.05, 0) is 96.3 Å². The maximum absolute atomic E-state index is 7.15. The van der Waals surface area contributed by atoms with Crippen molar-refractivity contribution in [2.75, 3.05) is 7.11 Å². The summed E-state index contributed by atoms with van der Waals surface area (Å²) in [5.41, 5.74) is 15.0. The highest BCUT2D eigenvalue weighted by Crippen LogP contribution is 2.46. The molecule has 0 aromatic heterocycles. The minimum Gasteiger partial charge on any atom is -0.488 e. The van der Waals surface area contributed by atoms with Crippen molar-refractivity contribution >= 4 is 78.8 Å². The molecule has 3 rings (SSSR count). The quantitative estimate of drug-likeness (QED) is 0.0950. The van der Waals surface area contributed by atoms with Gasteiger partial charge in [0.2, 0.25) is 8.80 Å². The number of hydrogen-bond acceptors (Lipinski definition) is 2. The predicted octanol–water partition coefficient (Wildman–Crippen LogP) is 16.5. The van der Waals surface area contributed by atoms with Crippen LogP contribution in [0.4, 0.5) is 5.69 Å². The summed E-state index contributed by atoms with van der Waals surface area (Å²) in [5, 5.41) is 4.90. The smallest absolute Gasteiger partial charge is 0.229 e. The van der Waals surface area contributed by atoms with E-state index in [1.165, 1.54) is 38.6 Å². The van der Waals surface area contributed by atoms with Gasteiger partial charge < -0.3 is 4.74 Å². The van der Waals surface area contributed by atoms with Crippen molar-refractivity contribution in [1.82, 2.24) is 0 Å². The molecular weight excluding hydrogens is 899 g/mol. The summed E-state index contributed by atoms with van der Waals surface area (Å²) in [6, 6.07) is 15.7. The molecule has 0 amide bonds. The van der Waals surface area contributed by atoms with Crippen molar-refractivity contribution < 1.29 is 4.74 Å². The van der Waals surface area contributed by atoms with E-state index < -0.39 is 57.2 Å². The molecule has 0 N–H and O–H groups in total. The van der Waals surface area contributed by atoms with E-state index in [4.69, 9.17) is 9.73 Å². The van der Waals surface area contributed by atoms with E-state index in [1.54, 1.807) is 21.9 Å². The molecule has 1 radical (unpaired) electrons.